The fourth-order valence-corrected chi connectivity index (χ4v) is 3.12. The quantitative estimate of drug-likeness (QED) is 0.371. The van der Waals surface area contributed by atoms with E-state index in [1.807, 2.05) is 30.3 Å². The summed E-state index contributed by atoms with van der Waals surface area (Å²) in [5.74, 6) is 0.932. The molecular formula is C19H28IN5O2. The first kappa shape index (κ1) is 21.6. The van der Waals surface area contributed by atoms with Crippen molar-refractivity contribution >= 4 is 29.9 Å². The van der Waals surface area contributed by atoms with E-state index in [2.05, 4.69) is 27.2 Å². The van der Waals surface area contributed by atoms with Crippen LogP contribution in [0.5, 0.6) is 0 Å². The molecule has 2 heterocycles. The van der Waals surface area contributed by atoms with Crippen molar-refractivity contribution < 1.29 is 9.63 Å². The number of hydrogen-bond donors (Lipinski definition) is 2. The molecule has 7 nitrogen and oxygen atoms in total. The van der Waals surface area contributed by atoms with Crippen molar-refractivity contribution in [3.63, 3.8) is 0 Å². The van der Waals surface area contributed by atoms with E-state index in [1.54, 1.807) is 6.26 Å². The average Bonchev–Trinajstić information content (AvgIpc) is 3.19. The molecule has 0 saturated carbocycles. The van der Waals surface area contributed by atoms with Crippen molar-refractivity contribution in [2.24, 2.45) is 4.99 Å². The molecule has 1 aromatic carbocycles. The number of aliphatic hydroxyl groups is 1. The smallest absolute Gasteiger partial charge is 0.194 e. The van der Waals surface area contributed by atoms with Gasteiger partial charge in [-0.25, -0.2) is 4.99 Å². The molecule has 148 valence electrons. The molecule has 2 N–H and O–H groups in total. The fraction of sp³-hybridized carbons (Fsp3) is 0.474. The van der Waals surface area contributed by atoms with Crippen molar-refractivity contribution in [2.45, 2.75) is 26.6 Å². The number of piperazine rings is 1. The molecule has 0 radical (unpaired) electrons. The molecule has 1 aliphatic rings. The second kappa shape index (κ2) is 11.3. The molecule has 0 bridgehead atoms. The molecule has 8 heteroatoms. The molecule has 0 unspecified atom stereocenters. The van der Waals surface area contributed by atoms with E-state index in [9.17, 15) is 5.11 Å². The first-order valence-electron chi connectivity index (χ1n) is 9.12. The van der Waals surface area contributed by atoms with Gasteiger partial charge in [-0.15, -0.1) is 24.0 Å². The van der Waals surface area contributed by atoms with Gasteiger partial charge in [0.25, 0.3) is 0 Å². The van der Waals surface area contributed by atoms with Crippen molar-refractivity contribution in [3.8, 4) is 0 Å². The monoisotopic (exact) mass is 485 g/mol. The summed E-state index contributed by atoms with van der Waals surface area (Å²) in [6.45, 7) is 8.12. The van der Waals surface area contributed by atoms with Gasteiger partial charge in [0, 0.05) is 45.3 Å². The maximum absolute atomic E-state index is 9.48. The van der Waals surface area contributed by atoms with Crippen molar-refractivity contribution in [2.75, 3.05) is 32.7 Å². The van der Waals surface area contributed by atoms with Crippen molar-refractivity contribution in [1.82, 2.24) is 20.3 Å². The van der Waals surface area contributed by atoms with Crippen LogP contribution in [-0.2, 0) is 19.7 Å². The Hall–Kier alpha value is -1.65. The molecule has 2 aromatic rings. The van der Waals surface area contributed by atoms with Crippen LogP contribution in [0.2, 0.25) is 0 Å². The van der Waals surface area contributed by atoms with Crippen molar-refractivity contribution in [1.29, 1.82) is 0 Å². The third-order valence-electron chi connectivity index (χ3n) is 4.57. The van der Waals surface area contributed by atoms with Gasteiger partial charge >= 0.3 is 0 Å². The molecule has 3 rings (SSSR count). The van der Waals surface area contributed by atoms with Gasteiger partial charge in [0.1, 0.15) is 6.26 Å². The van der Waals surface area contributed by atoms with E-state index in [0.29, 0.717) is 6.54 Å². The Labute approximate surface area is 177 Å². The molecule has 0 spiro atoms. The van der Waals surface area contributed by atoms with Crippen LogP contribution in [0.3, 0.4) is 0 Å². The van der Waals surface area contributed by atoms with Crippen LogP contribution >= 0.6 is 24.0 Å². The normalized spacial score (nSPS) is 15.5. The van der Waals surface area contributed by atoms with E-state index in [1.165, 1.54) is 0 Å². The van der Waals surface area contributed by atoms with Crippen LogP contribution in [0, 0.1) is 0 Å². The molecule has 0 amide bonds. The number of aromatic nitrogens is 1. The largest absolute Gasteiger partial charge is 0.392 e. The van der Waals surface area contributed by atoms with E-state index >= 15 is 0 Å². The molecule has 1 fully saturated rings. The molecule has 0 atom stereocenters. The highest BCUT2D eigenvalue weighted by Gasteiger charge is 2.20. The average molecular weight is 485 g/mol. The predicted octanol–water partition coefficient (Wildman–Crippen LogP) is 2.07. The van der Waals surface area contributed by atoms with Gasteiger partial charge in [-0.3, -0.25) is 4.90 Å². The maximum Gasteiger partial charge on any atom is 0.194 e. The lowest BCUT2D eigenvalue weighted by Crippen LogP contribution is -2.52. The van der Waals surface area contributed by atoms with Crippen LogP contribution in [0.1, 0.15) is 23.7 Å². The van der Waals surface area contributed by atoms with Crippen LogP contribution in [-0.4, -0.2) is 58.7 Å². The predicted molar refractivity (Wildman–Crippen MR) is 116 cm³/mol. The van der Waals surface area contributed by atoms with E-state index in [-0.39, 0.29) is 30.6 Å². The standard InChI is InChI=1S/C19H27N5O2.HI/c1-2-20-19(21-13-16-5-3-4-6-17(16)15-25)24-10-8-23(9-11-24)14-18-7-12-26-22-18;/h3-7,12,25H,2,8-11,13-15H2,1H3,(H,20,21);1H. The first-order chi connectivity index (χ1) is 12.8. The SMILES string of the molecule is CCNC(=NCc1ccccc1CO)N1CCN(Cc2ccon2)CC1.I. The van der Waals surface area contributed by atoms with Crippen molar-refractivity contribution in [3.05, 3.63) is 53.4 Å². The molecule has 27 heavy (non-hydrogen) atoms. The Morgan fingerprint density at radius 3 is 2.56 bits per heavy atom. The van der Waals surface area contributed by atoms with E-state index in [4.69, 9.17) is 9.52 Å². The Balaban J connectivity index is 0.00000261. The highest BCUT2D eigenvalue weighted by atomic mass is 127. The number of benzene rings is 1. The minimum Gasteiger partial charge on any atom is -0.392 e. The Morgan fingerprint density at radius 1 is 1.19 bits per heavy atom. The number of aliphatic imine (C=N–C) groups is 1. The minimum absolute atomic E-state index is 0. The van der Waals surface area contributed by atoms with Gasteiger partial charge < -0.3 is 19.8 Å². The third kappa shape index (κ3) is 6.18. The topological polar surface area (TPSA) is 77.1 Å². The molecule has 1 aliphatic heterocycles. The summed E-state index contributed by atoms with van der Waals surface area (Å²) in [7, 11) is 0. The number of rotatable bonds is 6. The number of guanidine groups is 1. The second-order valence-corrected chi connectivity index (χ2v) is 6.35. The first-order valence-corrected chi connectivity index (χ1v) is 9.12. The Kier molecular flexibility index (Phi) is 9.02. The summed E-state index contributed by atoms with van der Waals surface area (Å²) in [6, 6.07) is 9.81. The molecule has 0 aliphatic carbocycles. The number of halogens is 1. The van der Waals surface area contributed by atoms with Crippen LogP contribution in [0.4, 0.5) is 0 Å². The lowest BCUT2D eigenvalue weighted by molar-refractivity contribution is 0.169. The lowest BCUT2D eigenvalue weighted by Gasteiger charge is -2.36. The summed E-state index contributed by atoms with van der Waals surface area (Å²) in [5, 5.41) is 16.9. The van der Waals surface area contributed by atoms with Gasteiger partial charge in [-0.1, -0.05) is 29.4 Å². The fourth-order valence-electron chi connectivity index (χ4n) is 3.12. The summed E-state index contributed by atoms with van der Waals surface area (Å²) in [6.07, 6.45) is 1.62. The molecule has 1 aromatic heterocycles. The highest BCUT2D eigenvalue weighted by molar-refractivity contribution is 14.0. The van der Waals surface area contributed by atoms with Crippen LogP contribution in [0.15, 0.2) is 46.1 Å². The number of nitrogens with zero attached hydrogens (tertiary/aromatic N) is 4. The zero-order valence-corrected chi connectivity index (χ0v) is 18.0. The summed E-state index contributed by atoms with van der Waals surface area (Å²) in [4.78, 5) is 9.46. The highest BCUT2D eigenvalue weighted by Crippen LogP contribution is 2.11. The third-order valence-corrected chi connectivity index (χ3v) is 4.57. The maximum atomic E-state index is 9.48. The zero-order valence-electron chi connectivity index (χ0n) is 15.7. The minimum atomic E-state index is 0. The van der Waals surface area contributed by atoms with Gasteiger partial charge in [0.05, 0.1) is 18.8 Å². The van der Waals surface area contributed by atoms with Gasteiger partial charge in [0.15, 0.2) is 5.96 Å². The number of aliphatic hydroxyl groups excluding tert-OH is 1. The second-order valence-electron chi connectivity index (χ2n) is 6.35. The number of nitrogens with one attached hydrogen (secondary N) is 1. The van der Waals surface area contributed by atoms with E-state index < -0.39 is 0 Å². The van der Waals surface area contributed by atoms with E-state index in [0.717, 1.165) is 62.0 Å². The molecule has 1 saturated heterocycles. The summed E-state index contributed by atoms with van der Waals surface area (Å²) in [5.41, 5.74) is 2.97. The van der Waals surface area contributed by atoms with Crippen LogP contribution in [0.25, 0.3) is 0 Å². The summed E-state index contributed by atoms with van der Waals surface area (Å²) >= 11 is 0. The number of hydrogen-bond acceptors (Lipinski definition) is 5. The zero-order chi connectivity index (χ0) is 18.2. The Bertz CT molecular complexity index is 700. The van der Waals surface area contributed by atoms with Gasteiger partial charge in [-0.05, 0) is 18.1 Å². The van der Waals surface area contributed by atoms with Gasteiger partial charge in [-0.2, -0.15) is 0 Å². The lowest BCUT2D eigenvalue weighted by atomic mass is 10.1. The summed E-state index contributed by atoms with van der Waals surface area (Å²) < 4.78 is 4.91. The van der Waals surface area contributed by atoms with Gasteiger partial charge in [0.2, 0.25) is 0 Å². The molecular weight excluding hydrogens is 457 g/mol. The Morgan fingerprint density at radius 2 is 1.93 bits per heavy atom. The van der Waals surface area contributed by atoms with Crippen LogP contribution < -0.4 is 5.32 Å².